The van der Waals surface area contributed by atoms with Gasteiger partial charge in [-0.2, -0.15) is 0 Å². The van der Waals surface area contributed by atoms with E-state index in [1.807, 2.05) is 0 Å². The summed E-state index contributed by atoms with van der Waals surface area (Å²) < 4.78 is 68.4. The molecule has 0 aromatic rings. The molecule has 0 rings (SSSR count). The standard InChI is InChI=1S/C73H142O17P2/c1-9-64(6)50-42-34-26-20-16-14-12-13-15-17-22-28-39-47-55-72(77)90-69(60-84-71(76)54-46-38-32-31-36-44-52-66(8)11-3)62-88-92(81,82)86-58-67(74)57-85-91(79,80)87-61-68(59-83-70(75)53-45-37-30-24-25-33-41-49-63(4)5)89-73(78)56-48-40-29-23-19-18-21-27-35-43-51-65(7)10-2/h63-69,74H,9-62H2,1-8H3,(H,79,80)(H,81,82)/t64?,65?,66?,67?,68-,69-/m1/s1. The van der Waals surface area contributed by atoms with Gasteiger partial charge in [0, 0.05) is 25.7 Å². The largest absolute Gasteiger partial charge is 0.472 e. The molecule has 0 aliphatic carbocycles. The van der Waals surface area contributed by atoms with Gasteiger partial charge >= 0.3 is 39.5 Å². The van der Waals surface area contributed by atoms with E-state index in [1.165, 1.54) is 154 Å². The number of unbranched alkanes of at least 4 members (excludes halogenated alkanes) is 33. The van der Waals surface area contributed by atoms with E-state index >= 15 is 0 Å². The minimum Gasteiger partial charge on any atom is -0.462 e. The van der Waals surface area contributed by atoms with E-state index in [0.29, 0.717) is 31.6 Å². The van der Waals surface area contributed by atoms with Crippen molar-refractivity contribution in [2.45, 2.75) is 382 Å². The van der Waals surface area contributed by atoms with Crippen LogP contribution in [0.4, 0.5) is 0 Å². The average Bonchev–Trinajstić information content (AvgIpc) is 3.74. The molecule has 17 nitrogen and oxygen atoms in total. The van der Waals surface area contributed by atoms with Crippen LogP contribution in [0.15, 0.2) is 0 Å². The highest BCUT2D eigenvalue weighted by Crippen LogP contribution is 2.45. The predicted molar refractivity (Wildman–Crippen MR) is 372 cm³/mol. The second-order valence-electron chi connectivity index (χ2n) is 27.5. The first-order valence-corrected chi connectivity index (χ1v) is 40.8. The minimum atomic E-state index is -4.95. The maximum atomic E-state index is 13.0. The highest BCUT2D eigenvalue weighted by atomic mass is 31.2. The monoisotopic (exact) mass is 1350 g/mol. The van der Waals surface area contributed by atoms with E-state index in [0.717, 1.165) is 120 Å². The Morgan fingerprint density at radius 3 is 0.772 bits per heavy atom. The molecule has 0 aliphatic rings. The lowest BCUT2D eigenvalue weighted by Gasteiger charge is -2.21. The van der Waals surface area contributed by atoms with Gasteiger partial charge in [0.2, 0.25) is 0 Å². The summed E-state index contributed by atoms with van der Waals surface area (Å²) in [6, 6.07) is 0. The molecule has 0 saturated heterocycles. The van der Waals surface area contributed by atoms with Crippen molar-refractivity contribution in [3.05, 3.63) is 0 Å². The van der Waals surface area contributed by atoms with Crippen molar-refractivity contribution < 1.29 is 80.2 Å². The van der Waals surface area contributed by atoms with Gasteiger partial charge in [0.05, 0.1) is 26.4 Å². The summed E-state index contributed by atoms with van der Waals surface area (Å²) in [5.41, 5.74) is 0. The van der Waals surface area contributed by atoms with Crippen LogP contribution in [-0.4, -0.2) is 96.7 Å². The van der Waals surface area contributed by atoms with Crippen molar-refractivity contribution in [3.8, 4) is 0 Å². The summed E-state index contributed by atoms with van der Waals surface area (Å²) in [6.07, 6.45) is 45.8. The van der Waals surface area contributed by atoms with Crippen LogP contribution in [-0.2, 0) is 65.4 Å². The van der Waals surface area contributed by atoms with Crippen LogP contribution in [0.5, 0.6) is 0 Å². The van der Waals surface area contributed by atoms with Gasteiger partial charge in [0.25, 0.3) is 0 Å². The first-order valence-electron chi connectivity index (χ1n) is 37.8. The number of phosphoric ester groups is 2. The Morgan fingerprint density at radius 1 is 0.304 bits per heavy atom. The van der Waals surface area contributed by atoms with Crippen LogP contribution >= 0.6 is 15.6 Å². The number of aliphatic hydroxyl groups excluding tert-OH is 1. The molecule has 0 spiro atoms. The van der Waals surface area contributed by atoms with E-state index in [9.17, 15) is 43.2 Å². The van der Waals surface area contributed by atoms with E-state index in [-0.39, 0.29) is 25.7 Å². The number of hydrogen-bond donors (Lipinski definition) is 3. The van der Waals surface area contributed by atoms with E-state index < -0.39 is 97.5 Å². The fraction of sp³-hybridized carbons (Fsp3) is 0.945. The molecule has 0 heterocycles. The molecule has 0 aromatic heterocycles. The molecule has 546 valence electrons. The molecular formula is C73H142O17P2. The van der Waals surface area contributed by atoms with Gasteiger partial charge < -0.3 is 33.8 Å². The zero-order valence-corrected chi connectivity index (χ0v) is 62.0. The number of carbonyl (C=O) groups is 4. The molecule has 0 radical (unpaired) electrons. The van der Waals surface area contributed by atoms with Gasteiger partial charge in [-0.15, -0.1) is 0 Å². The fourth-order valence-corrected chi connectivity index (χ4v) is 12.5. The molecule has 0 amide bonds. The number of ether oxygens (including phenoxy) is 4. The Hall–Kier alpha value is -1.94. The molecule has 6 unspecified atom stereocenters. The number of rotatable bonds is 70. The Balaban J connectivity index is 5.23. The van der Waals surface area contributed by atoms with Crippen molar-refractivity contribution in [2.75, 3.05) is 39.6 Å². The number of hydrogen-bond acceptors (Lipinski definition) is 15. The van der Waals surface area contributed by atoms with E-state index in [4.69, 9.17) is 37.0 Å². The van der Waals surface area contributed by atoms with Gasteiger partial charge in [0.1, 0.15) is 19.3 Å². The normalized spacial score (nSPS) is 15.1. The topological polar surface area (TPSA) is 237 Å². The van der Waals surface area contributed by atoms with E-state index in [2.05, 4.69) is 55.4 Å². The smallest absolute Gasteiger partial charge is 0.462 e. The van der Waals surface area contributed by atoms with Crippen LogP contribution in [0.1, 0.15) is 364 Å². The molecular weight excluding hydrogens is 1210 g/mol. The van der Waals surface area contributed by atoms with Crippen LogP contribution in [0.3, 0.4) is 0 Å². The molecule has 8 atom stereocenters. The number of esters is 4. The zero-order chi connectivity index (χ0) is 68.2. The Bertz CT molecular complexity index is 1820. The molecule has 92 heavy (non-hydrogen) atoms. The summed E-state index contributed by atoms with van der Waals surface area (Å²) in [7, 11) is -9.91. The van der Waals surface area contributed by atoms with Crippen LogP contribution < -0.4 is 0 Å². The first kappa shape index (κ1) is 90.1. The second-order valence-corrected chi connectivity index (χ2v) is 30.4. The quantitative estimate of drug-likeness (QED) is 0.0222. The zero-order valence-electron chi connectivity index (χ0n) is 60.2. The lowest BCUT2D eigenvalue weighted by atomic mass is 9.99. The molecule has 0 bridgehead atoms. The van der Waals surface area contributed by atoms with Crippen molar-refractivity contribution in [2.24, 2.45) is 23.7 Å². The van der Waals surface area contributed by atoms with Gasteiger partial charge in [0.15, 0.2) is 12.2 Å². The minimum absolute atomic E-state index is 0.105. The molecule has 0 aromatic carbocycles. The Labute approximate surface area is 562 Å². The van der Waals surface area contributed by atoms with E-state index in [1.54, 1.807) is 0 Å². The summed E-state index contributed by atoms with van der Waals surface area (Å²) in [5, 5.41) is 10.6. The third-order valence-corrected chi connectivity index (χ3v) is 19.8. The van der Waals surface area contributed by atoms with Crippen LogP contribution in [0, 0.1) is 23.7 Å². The maximum absolute atomic E-state index is 13.0. The molecule has 0 saturated carbocycles. The summed E-state index contributed by atoms with van der Waals surface area (Å²) in [6.45, 7) is 14.2. The highest BCUT2D eigenvalue weighted by Gasteiger charge is 2.30. The van der Waals surface area contributed by atoms with Gasteiger partial charge in [-0.25, -0.2) is 9.13 Å². The number of aliphatic hydroxyl groups is 1. The first-order chi connectivity index (χ1) is 44.2. The van der Waals surface area contributed by atoms with Crippen molar-refractivity contribution >= 4 is 39.5 Å². The Morgan fingerprint density at radius 2 is 0.522 bits per heavy atom. The molecule has 3 N–H and O–H groups in total. The lowest BCUT2D eigenvalue weighted by molar-refractivity contribution is -0.161. The molecule has 19 heteroatoms. The SMILES string of the molecule is CCC(C)CCCCCCCCCCCCCCCCC(=O)O[C@H](COC(=O)CCCCCCCCC(C)CC)COP(=O)(O)OCC(O)COP(=O)(O)OC[C@@H](COC(=O)CCCCCCCCCC(C)C)OC(=O)CCCCCCCCCCCCC(C)CC. The third-order valence-electron chi connectivity index (χ3n) is 17.9. The van der Waals surface area contributed by atoms with Crippen molar-refractivity contribution in [1.29, 1.82) is 0 Å². The lowest BCUT2D eigenvalue weighted by Crippen LogP contribution is -2.30. The highest BCUT2D eigenvalue weighted by molar-refractivity contribution is 7.47. The fourth-order valence-electron chi connectivity index (χ4n) is 10.9. The summed E-state index contributed by atoms with van der Waals surface area (Å²) >= 11 is 0. The van der Waals surface area contributed by atoms with Crippen molar-refractivity contribution in [3.63, 3.8) is 0 Å². The maximum Gasteiger partial charge on any atom is 0.472 e. The number of carbonyl (C=O) groups excluding carboxylic acids is 4. The second kappa shape index (κ2) is 62.6. The van der Waals surface area contributed by atoms with Crippen LogP contribution in [0.25, 0.3) is 0 Å². The van der Waals surface area contributed by atoms with Gasteiger partial charge in [-0.1, -0.05) is 312 Å². The summed E-state index contributed by atoms with van der Waals surface area (Å²) in [4.78, 5) is 72.6. The third kappa shape index (κ3) is 62.8. The van der Waals surface area contributed by atoms with Crippen LogP contribution in [0.2, 0.25) is 0 Å². The van der Waals surface area contributed by atoms with Gasteiger partial charge in [-0.3, -0.25) is 37.3 Å². The summed E-state index contributed by atoms with van der Waals surface area (Å²) in [5.74, 6) is 0.958. The van der Waals surface area contributed by atoms with Crippen molar-refractivity contribution in [1.82, 2.24) is 0 Å². The predicted octanol–water partition coefficient (Wildman–Crippen LogP) is 20.9. The Kier molecular flexibility index (Phi) is 61.3. The molecule has 0 fully saturated rings. The molecule has 0 aliphatic heterocycles. The van der Waals surface area contributed by atoms with Gasteiger partial charge in [-0.05, 0) is 49.4 Å². The number of phosphoric acid groups is 2. The average molecular weight is 1350 g/mol.